The van der Waals surface area contributed by atoms with E-state index in [0.29, 0.717) is 12.8 Å². The van der Waals surface area contributed by atoms with Crippen LogP contribution in [-0.4, -0.2) is 35.2 Å². The average molecular weight is 243 g/mol. The minimum Gasteiger partial charge on any atom is -0.324 e. The predicted molar refractivity (Wildman–Crippen MR) is 61.7 cm³/mol. The number of hydrogen-bond donors (Lipinski definition) is 1. The number of sulfone groups is 1. The van der Waals surface area contributed by atoms with Crippen molar-refractivity contribution in [1.82, 2.24) is 9.78 Å². The summed E-state index contributed by atoms with van der Waals surface area (Å²) in [6.07, 6.45) is 5.81. The number of nitrogens with zero attached hydrogens (tertiary/aromatic N) is 2. The van der Waals surface area contributed by atoms with Gasteiger partial charge in [-0.1, -0.05) is 0 Å². The molecule has 6 heteroatoms. The molecule has 1 aromatic heterocycles. The molecular formula is C10H17N3O2S. The highest BCUT2D eigenvalue weighted by molar-refractivity contribution is 7.91. The molecule has 0 aliphatic carbocycles. The van der Waals surface area contributed by atoms with Crippen LogP contribution in [0.1, 0.15) is 18.4 Å². The van der Waals surface area contributed by atoms with Crippen molar-refractivity contribution in [1.29, 1.82) is 0 Å². The minimum absolute atomic E-state index is 0.125. The van der Waals surface area contributed by atoms with Gasteiger partial charge in [-0.3, -0.25) is 4.68 Å². The molecule has 0 spiro atoms. The van der Waals surface area contributed by atoms with Crippen LogP contribution in [0.25, 0.3) is 0 Å². The van der Waals surface area contributed by atoms with E-state index in [4.69, 9.17) is 5.73 Å². The van der Waals surface area contributed by atoms with Gasteiger partial charge < -0.3 is 5.73 Å². The lowest BCUT2D eigenvalue weighted by molar-refractivity contribution is 0.442. The third kappa shape index (κ3) is 2.62. The van der Waals surface area contributed by atoms with Crippen LogP contribution in [0.4, 0.5) is 0 Å². The monoisotopic (exact) mass is 243 g/mol. The third-order valence-electron chi connectivity index (χ3n) is 3.09. The van der Waals surface area contributed by atoms with Crippen LogP contribution < -0.4 is 5.73 Å². The van der Waals surface area contributed by atoms with Crippen LogP contribution in [0.5, 0.6) is 0 Å². The Morgan fingerprint density at radius 2 is 2.38 bits per heavy atom. The van der Waals surface area contributed by atoms with Crippen molar-refractivity contribution >= 4 is 9.84 Å². The smallest absolute Gasteiger partial charge is 0.152 e. The summed E-state index contributed by atoms with van der Waals surface area (Å²) in [6.45, 7) is 0. The lowest BCUT2D eigenvalue weighted by Crippen LogP contribution is -2.41. The summed E-state index contributed by atoms with van der Waals surface area (Å²) in [7, 11) is -1.04. The molecule has 1 aliphatic rings. The van der Waals surface area contributed by atoms with Crippen LogP contribution in [0.15, 0.2) is 12.4 Å². The minimum atomic E-state index is -2.90. The normalized spacial score (nSPS) is 28.4. The first kappa shape index (κ1) is 11.6. The van der Waals surface area contributed by atoms with Crippen molar-refractivity contribution in [3.8, 4) is 0 Å². The van der Waals surface area contributed by atoms with Gasteiger partial charge in [0.15, 0.2) is 9.84 Å². The van der Waals surface area contributed by atoms with Crippen molar-refractivity contribution in [3.05, 3.63) is 18.0 Å². The number of aromatic nitrogens is 2. The van der Waals surface area contributed by atoms with E-state index in [1.54, 1.807) is 10.9 Å². The summed E-state index contributed by atoms with van der Waals surface area (Å²) in [5.74, 6) is 0.358. The fraction of sp³-hybridized carbons (Fsp3) is 0.700. The van der Waals surface area contributed by atoms with Crippen LogP contribution in [0, 0.1) is 0 Å². The lowest BCUT2D eigenvalue weighted by Gasteiger charge is -2.21. The number of rotatable bonds is 3. The molecule has 5 nitrogen and oxygen atoms in total. The lowest BCUT2D eigenvalue weighted by atomic mass is 9.93. The molecule has 2 heterocycles. The molecule has 1 saturated heterocycles. The molecular weight excluding hydrogens is 226 g/mol. The van der Waals surface area contributed by atoms with Crippen LogP contribution in [0.3, 0.4) is 0 Å². The molecule has 0 amide bonds. The first-order chi connectivity index (χ1) is 7.39. The van der Waals surface area contributed by atoms with Gasteiger partial charge in [-0.2, -0.15) is 5.10 Å². The van der Waals surface area contributed by atoms with E-state index in [1.807, 2.05) is 13.2 Å². The van der Waals surface area contributed by atoms with E-state index in [-0.39, 0.29) is 11.5 Å². The van der Waals surface area contributed by atoms with E-state index in [2.05, 4.69) is 5.10 Å². The Hall–Kier alpha value is -0.880. The van der Waals surface area contributed by atoms with E-state index >= 15 is 0 Å². The maximum absolute atomic E-state index is 11.4. The van der Waals surface area contributed by atoms with Crippen LogP contribution >= 0.6 is 0 Å². The molecule has 0 saturated carbocycles. The summed E-state index contributed by atoms with van der Waals surface area (Å²) in [4.78, 5) is 0. The molecule has 2 rings (SSSR count). The molecule has 1 fully saturated rings. The SMILES string of the molecule is Cn1cc(CCC2(N)CCS(=O)(=O)C2)cn1. The van der Waals surface area contributed by atoms with Crippen molar-refractivity contribution in [3.63, 3.8) is 0 Å². The fourth-order valence-electron chi connectivity index (χ4n) is 2.13. The highest BCUT2D eigenvalue weighted by Gasteiger charge is 2.38. The zero-order chi connectivity index (χ0) is 11.8. The molecule has 2 N–H and O–H groups in total. The second-order valence-corrected chi connectivity index (χ2v) is 6.91. The Morgan fingerprint density at radius 1 is 1.62 bits per heavy atom. The van der Waals surface area contributed by atoms with Crippen molar-refractivity contribution in [2.24, 2.45) is 12.8 Å². The summed E-state index contributed by atoms with van der Waals surface area (Å²) in [5.41, 5.74) is 6.66. The zero-order valence-electron chi connectivity index (χ0n) is 9.39. The fourth-order valence-corrected chi connectivity index (χ4v) is 4.16. The molecule has 16 heavy (non-hydrogen) atoms. The predicted octanol–water partition coefficient (Wildman–Crippen LogP) is -0.131. The van der Waals surface area contributed by atoms with Gasteiger partial charge in [-0.25, -0.2) is 8.42 Å². The summed E-state index contributed by atoms with van der Waals surface area (Å²) in [6, 6.07) is 0. The molecule has 1 aliphatic heterocycles. The van der Waals surface area contributed by atoms with Crippen molar-refractivity contribution in [2.45, 2.75) is 24.8 Å². The van der Waals surface area contributed by atoms with E-state index < -0.39 is 15.4 Å². The second kappa shape index (κ2) is 3.85. The Labute approximate surface area is 95.6 Å². The molecule has 0 aromatic carbocycles. The quantitative estimate of drug-likeness (QED) is 0.802. The Balaban J connectivity index is 1.96. The van der Waals surface area contributed by atoms with Gasteiger partial charge in [0.25, 0.3) is 0 Å². The molecule has 1 unspecified atom stereocenters. The standard InChI is InChI=1S/C10H17N3O2S/c1-13-7-9(6-12-13)2-3-10(11)4-5-16(14,15)8-10/h6-7H,2-5,8,11H2,1H3. The molecule has 1 aromatic rings. The van der Waals surface area contributed by atoms with Crippen LogP contribution in [-0.2, 0) is 23.3 Å². The maximum atomic E-state index is 11.4. The molecule has 0 bridgehead atoms. The molecule has 0 radical (unpaired) electrons. The topological polar surface area (TPSA) is 78.0 Å². The highest BCUT2D eigenvalue weighted by atomic mass is 32.2. The van der Waals surface area contributed by atoms with Gasteiger partial charge in [-0.15, -0.1) is 0 Å². The van der Waals surface area contributed by atoms with E-state index in [1.165, 1.54) is 0 Å². The third-order valence-corrected chi connectivity index (χ3v) is 4.93. The van der Waals surface area contributed by atoms with Crippen molar-refractivity contribution in [2.75, 3.05) is 11.5 Å². The average Bonchev–Trinajstić information content (AvgIpc) is 2.69. The van der Waals surface area contributed by atoms with Gasteiger partial charge in [0.2, 0.25) is 0 Å². The largest absolute Gasteiger partial charge is 0.324 e. The van der Waals surface area contributed by atoms with E-state index in [9.17, 15) is 8.42 Å². The number of nitrogens with two attached hydrogens (primary N) is 1. The number of aryl methyl sites for hydroxylation is 2. The first-order valence-electron chi connectivity index (χ1n) is 5.35. The summed E-state index contributed by atoms with van der Waals surface area (Å²) in [5, 5.41) is 4.07. The maximum Gasteiger partial charge on any atom is 0.152 e. The van der Waals surface area contributed by atoms with Gasteiger partial charge in [0.05, 0.1) is 17.7 Å². The first-order valence-corrected chi connectivity index (χ1v) is 7.18. The van der Waals surface area contributed by atoms with Gasteiger partial charge in [0, 0.05) is 18.8 Å². The van der Waals surface area contributed by atoms with Gasteiger partial charge in [0.1, 0.15) is 0 Å². The molecule has 1 atom stereocenters. The Morgan fingerprint density at radius 3 is 2.88 bits per heavy atom. The summed E-state index contributed by atoms with van der Waals surface area (Å²) >= 11 is 0. The summed E-state index contributed by atoms with van der Waals surface area (Å²) < 4.78 is 24.5. The second-order valence-electron chi connectivity index (χ2n) is 4.73. The number of hydrogen-bond acceptors (Lipinski definition) is 4. The van der Waals surface area contributed by atoms with Crippen LogP contribution in [0.2, 0.25) is 0 Å². The van der Waals surface area contributed by atoms with Crippen molar-refractivity contribution < 1.29 is 8.42 Å². The van der Waals surface area contributed by atoms with Gasteiger partial charge >= 0.3 is 0 Å². The Bertz CT molecular complexity index is 480. The Kier molecular flexibility index (Phi) is 2.79. The highest BCUT2D eigenvalue weighted by Crippen LogP contribution is 2.25. The zero-order valence-corrected chi connectivity index (χ0v) is 10.2. The van der Waals surface area contributed by atoms with Gasteiger partial charge in [-0.05, 0) is 24.8 Å². The molecule has 90 valence electrons. The van der Waals surface area contributed by atoms with E-state index in [0.717, 1.165) is 12.0 Å².